The van der Waals surface area contributed by atoms with Crippen LogP contribution in [-0.2, 0) is 5.41 Å². The first-order valence-electron chi connectivity index (χ1n) is 5.34. The van der Waals surface area contributed by atoms with Crippen LogP contribution in [0.4, 0.5) is 4.39 Å². The van der Waals surface area contributed by atoms with E-state index in [4.69, 9.17) is 5.73 Å². The Morgan fingerprint density at radius 1 is 1.56 bits per heavy atom. The van der Waals surface area contributed by atoms with Gasteiger partial charge in [-0.15, -0.1) is 0 Å². The molecular weight excluding hydrogens is 273 g/mol. The maximum Gasteiger partial charge on any atom is 0.166 e. The van der Waals surface area contributed by atoms with E-state index < -0.39 is 5.82 Å². The van der Waals surface area contributed by atoms with Gasteiger partial charge in [-0.3, -0.25) is 0 Å². The molecule has 0 bridgehead atoms. The van der Waals surface area contributed by atoms with E-state index in [1.807, 2.05) is 13.8 Å². The molecule has 1 fully saturated rings. The van der Waals surface area contributed by atoms with Gasteiger partial charge in [-0.1, -0.05) is 15.9 Å². The Hall–Kier alpha value is -0.610. The second kappa shape index (κ2) is 3.70. The van der Waals surface area contributed by atoms with E-state index >= 15 is 0 Å². The van der Waals surface area contributed by atoms with Gasteiger partial charge >= 0.3 is 0 Å². The largest absolute Gasteiger partial charge is 0.505 e. The molecule has 16 heavy (non-hydrogen) atoms. The van der Waals surface area contributed by atoms with Crippen molar-refractivity contribution in [1.29, 1.82) is 0 Å². The zero-order valence-corrected chi connectivity index (χ0v) is 10.9. The van der Waals surface area contributed by atoms with Crippen molar-refractivity contribution in [3.8, 4) is 5.75 Å². The predicted octanol–water partition coefficient (Wildman–Crippen LogP) is 2.98. The van der Waals surface area contributed by atoms with E-state index in [-0.39, 0.29) is 17.2 Å². The molecule has 0 spiro atoms. The van der Waals surface area contributed by atoms with Gasteiger partial charge in [-0.25, -0.2) is 4.39 Å². The predicted molar refractivity (Wildman–Crippen MR) is 65.1 cm³/mol. The minimum atomic E-state index is -0.584. The topological polar surface area (TPSA) is 46.2 Å². The van der Waals surface area contributed by atoms with Crippen molar-refractivity contribution in [2.75, 3.05) is 0 Å². The van der Waals surface area contributed by atoms with E-state index in [2.05, 4.69) is 15.9 Å². The molecule has 1 unspecified atom stereocenters. The first kappa shape index (κ1) is 11.9. The smallest absolute Gasteiger partial charge is 0.166 e. The summed E-state index contributed by atoms with van der Waals surface area (Å²) >= 11 is 3.31. The van der Waals surface area contributed by atoms with Gasteiger partial charge in [0.2, 0.25) is 0 Å². The number of phenols is 1. The molecule has 0 amide bonds. The van der Waals surface area contributed by atoms with Gasteiger partial charge in [0.1, 0.15) is 0 Å². The highest BCUT2D eigenvalue weighted by Gasteiger charge is 2.50. The van der Waals surface area contributed by atoms with Crippen molar-refractivity contribution >= 4 is 15.9 Å². The first-order chi connectivity index (χ1) is 7.40. The molecule has 1 aromatic rings. The Balaban J connectivity index is 2.65. The summed E-state index contributed by atoms with van der Waals surface area (Å²) in [7, 11) is 0. The van der Waals surface area contributed by atoms with Crippen molar-refractivity contribution in [3.63, 3.8) is 0 Å². The minimum absolute atomic E-state index is 0.0780. The zero-order chi connectivity index (χ0) is 12.1. The lowest BCUT2D eigenvalue weighted by atomic mass is 9.85. The van der Waals surface area contributed by atoms with E-state index in [1.54, 1.807) is 0 Å². The lowest BCUT2D eigenvalue weighted by Crippen LogP contribution is -2.32. The number of nitrogens with two attached hydrogens (primary N) is 1. The van der Waals surface area contributed by atoms with Crippen LogP contribution in [0.1, 0.15) is 30.9 Å². The first-order valence-corrected chi connectivity index (χ1v) is 6.13. The van der Waals surface area contributed by atoms with Crippen LogP contribution in [0.15, 0.2) is 10.5 Å². The average molecular weight is 288 g/mol. The Morgan fingerprint density at radius 2 is 2.12 bits per heavy atom. The fourth-order valence-electron chi connectivity index (χ4n) is 2.38. The number of hydrogen-bond donors (Lipinski definition) is 2. The fraction of sp³-hybridized carbons (Fsp3) is 0.500. The summed E-state index contributed by atoms with van der Waals surface area (Å²) in [6.45, 7) is 3.78. The molecule has 1 aromatic carbocycles. The standard InChI is InChI=1S/C12H15BrFNO/c1-6-8(13)5-9(14)11(16)10(6)12(3-4-12)7(2)15/h5,7,16H,3-4,15H2,1-2H3. The van der Waals surface area contributed by atoms with Gasteiger partial charge < -0.3 is 10.8 Å². The Morgan fingerprint density at radius 3 is 2.56 bits per heavy atom. The van der Waals surface area contributed by atoms with Crippen LogP contribution in [0.3, 0.4) is 0 Å². The van der Waals surface area contributed by atoms with Crippen molar-refractivity contribution in [3.05, 3.63) is 27.5 Å². The number of phenolic OH excluding ortho intramolecular Hbond substituents is 1. The molecule has 1 saturated carbocycles. The van der Waals surface area contributed by atoms with Crippen molar-refractivity contribution in [2.45, 2.75) is 38.1 Å². The molecule has 2 nitrogen and oxygen atoms in total. The van der Waals surface area contributed by atoms with Crippen LogP contribution in [0.2, 0.25) is 0 Å². The van der Waals surface area contributed by atoms with Crippen LogP contribution in [-0.4, -0.2) is 11.1 Å². The maximum absolute atomic E-state index is 13.5. The van der Waals surface area contributed by atoms with Crippen LogP contribution in [0.5, 0.6) is 5.75 Å². The third-order valence-corrected chi connectivity index (χ3v) is 4.43. The zero-order valence-electron chi connectivity index (χ0n) is 9.35. The van der Waals surface area contributed by atoms with Crippen LogP contribution in [0.25, 0.3) is 0 Å². The van der Waals surface area contributed by atoms with Gasteiger partial charge in [0.15, 0.2) is 11.6 Å². The molecule has 4 heteroatoms. The molecule has 0 heterocycles. The monoisotopic (exact) mass is 287 g/mol. The third-order valence-electron chi connectivity index (χ3n) is 3.61. The van der Waals surface area contributed by atoms with Crippen molar-refractivity contribution < 1.29 is 9.50 Å². The summed E-state index contributed by atoms with van der Waals surface area (Å²) in [5.74, 6) is -0.824. The van der Waals surface area contributed by atoms with E-state index in [9.17, 15) is 9.50 Å². The number of hydrogen-bond acceptors (Lipinski definition) is 2. The molecule has 0 saturated heterocycles. The summed E-state index contributed by atoms with van der Waals surface area (Å²) in [5.41, 5.74) is 7.27. The highest BCUT2D eigenvalue weighted by molar-refractivity contribution is 9.10. The third kappa shape index (κ3) is 1.55. The second-order valence-corrected chi connectivity index (χ2v) is 5.49. The van der Waals surface area contributed by atoms with Gasteiger partial charge in [0.25, 0.3) is 0 Å². The lowest BCUT2D eigenvalue weighted by Gasteiger charge is -2.24. The SMILES string of the molecule is Cc1c(Br)cc(F)c(O)c1C1(C(C)N)CC1. The molecule has 0 aliphatic heterocycles. The highest BCUT2D eigenvalue weighted by atomic mass is 79.9. The summed E-state index contributed by atoms with van der Waals surface area (Å²) in [5, 5.41) is 9.88. The number of halogens is 2. The normalized spacial score (nSPS) is 19.6. The Kier molecular flexibility index (Phi) is 2.75. The fourth-order valence-corrected chi connectivity index (χ4v) is 2.78. The molecule has 0 aromatic heterocycles. The van der Waals surface area contributed by atoms with E-state index in [0.717, 1.165) is 18.4 Å². The summed E-state index contributed by atoms with van der Waals surface area (Å²) in [6.07, 6.45) is 1.82. The highest BCUT2D eigenvalue weighted by Crippen LogP contribution is 2.55. The number of aromatic hydroxyl groups is 1. The summed E-state index contributed by atoms with van der Waals surface area (Å²) < 4.78 is 14.2. The molecule has 2 rings (SSSR count). The van der Waals surface area contributed by atoms with Crippen molar-refractivity contribution in [1.82, 2.24) is 0 Å². The number of benzene rings is 1. The molecule has 3 N–H and O–H groups in total. The van der Waals surface area contributed by atoms with E-state index in [0.29, 0.717) is 10.0 Å². The second-order valence-electron chi connectivity index (χ2n) is 4.63. The molecular formula is C12H15BrFNO. The Bertz CT molecular complexity index is 415. The van der Waals surface area contributed by atoms with Gasteiger partial charge in [0, 0.05) is 21.5 Å². The van der Waals surface area contributed by atoms with Crippen molar-refractivity contribution in [2.24, 2.45) is 5.73 Å². The molecule has 0 radical (unpaired) electrons. The van der Waals surface area contributed by atoms with Crippen LogP contribution in [0, 0.1) is 12.7 Å². The van der Waals surface area contributed by atoms with E-state index in [1.165, 1.54) is 6.07 Å². The lowest BCUT2D eigenvalue weighted by molar-refractivity contribution is 0.409. The molecule has 88 valence electrons. The summed E-state index contributed by atoms with van der Waals surface area (Å²) in [6, 6.07) is 1.22. The molecule has 1 atom stereocenters. The minimum Gasteiger partial charge on any atom is -0.505 e. The van der Waals surface area contributed by atoms with Gasteiger partial charge in [-0.2, -0.15) is 0 Å². The Labute approximate surface area is 103 Å². The average Bonchev–Trinajstić information content (AvgIpc) is 2.97. The summed E-state index contributed by atoms with van der Waals surface area (Å²) in [4.78, 5) is 0. The maximum atomic E-state index is 13.5. The van der Waals surface area contributed by atoms with Crippen LogP contribution < -0.4 is 5.73 Å². The van der Waals surface area contributed by atoms with Gasteiger partial charge in [0.05, 0.1) is 0 Å². The number of rotatable bonds is 2. The molecule has 1 aliphatic rings. The van der Waals surface area contributed by atoms with Gasteiger partial charge in [-0.05, 0) is 38.3 Å². The van der Waals surface area contributed by atoms with Crippen LogP contribution >= 0.6 is 15.9 Å². The molecule has 1 aliphatic carbocycles. The quantitative estimate of drug-likeness (QED) is 0.878.